The van der Waals surface area contributed by atoms with Crippen LogP contribution in [0.25, 0.3) is 0 Å². The highest BCUT2D eigenvalue weighted by Gasteiger charge is 2.55. The number of aliphatic hydroxyl groups excluding tert-OH is 14. The molecule has 0 bridgehead atoms. The molecule has 264 valence electrons. The Morgan fingerprint density at radius 3 is 1.22 bits per heavy atom. The highest BCUT2D eigenvalue weighted by molar-refractivity contribution is 4.97. The molecule has 0 aromatic heterocycles. The van der Waals surface area contributed by atoms with E-state index in [2.05, 4.69) is 0 Å². The van der Waals surface area contributed by atoms with E-state index in [0.717, 1.165) is 0 Å². The van der Waals surface area contributed by atoms with Crippen molar-refractivity contribution in [3.05, 3.63) is 0 Å². The summed E-state index contributed by atoms with van der Waals surface area (Å²) in [6, 6.07) is 0. The van der Waals surface area contributed by atoms with Crippen LogP contribution in [0.4, 0.5) is 0 Å². The molecule has 0 radical (unpaired) electrons. The molecule has 0 aliphatic carbocycles. The maximum absolute atomic E-state index is 11.0. The van der Waals surface area contributed by atoms with Crippen molar-refractivity contribution < 1.29 is 105 Å². The van der Waals surface area contributed by atoms with Crippen molar-refractivity contribution in [1.82, 2.24) is 0 Å². The molecular formula is C24H42O21. The zero-order chi connectivity index (χ0) is 33.3. The lowest BCUT2D eigenvalue weighted by Gasteiger charge is -2.49. The predicted octanol–water partition coefficient (Wildman–Crippen LogP) is -9.75. The number of hydrogen-bond donors (Lipinski definition) is 14. The minimum Gasteiger partial charge on any atom is -0.394 e. The molecule has 4 aliphatic heterocycles. The number of hydrogen-bond acceptors (Lipinski definition) is 21. The maximum Gasteiger partial charge on any atom is 0.187 e. The average molecular weight is 667 g/mol. The van der Waals surface area contributed by atoms with E-state index in [4.69, 9.17) is 33.2 Å². The third kappa shape index (κ3) is 7.44. The van der Waals surface area contributed by atoms with Gasteiger partial charge in [0, 0.05) is 0 Å². The summed E-state index contributed by atoms with van der Waals surface area (Å²) in [5.41, 5.74) is 0. The van der Waals surface area contributed by atoms with Gasteiger partial charge < -0.3 is 105 Å². The fourth-order valence-corrected chi connectivity index (χ4v) is 5.54. The number of aliphatic hydroxyl groups is 14. The van der Waals surface area contributed by atoms with Gasteiger partial charge in [-0.05, 0) is 0 Å². The fraction of sp³-hybridized carbons (Fsp3) is 1.00. The van der Waals surface area contributed by atoms with Gasteiger partial charge in [-0.2, -0.15) is 0 Å². The maximum atomic E-state index is 11.0. The smallest absolute Gasteiger partial charge is 0.187 e. The molecule has 4 saturated heterocycles. The molecule has 20 atom stereocenters. The Bertz CT molecular complexity index is 912. The zero-order valence-electron chi connectivity index (χ0n) is 23.5. The van der Waals surface area contributed by atoms with Gasteiger partial charge in [0.2, 0.25) is 0 Å². The van der Waals surface area contributed by atoms with Gasteiger partial charge in [-0.25, -0.2) is 0 Å². The Hall–Kier alpha value is -0.840. The van der Waals surface area contributed by atoms with Crippen LogP contribution in [0.15, 0.2) is 0 Å². The molecule has 0 aromatic rings. The first-order valence-electron chi connectivity index (χ1n) is 14.1. The molecule has 21 nitrogen and oxygen atoms in total. The summed E-state index contributed by atoms with van der Waals surface area (Å²) < 4.78 is 37.7. The lowest BCUT2D eigenvalue weighted by Crippen LogP contribution is -2.67. The molecule has 4 fully saturated rings. The Morgan fingerprint density at radius 1 is 0.333 bits per heavy atom. The van der Waals surface area contributed by atoms with Crippen LogP contribution < -0.4 is 0 Å². The van der Waals surface area contributed by atoms with Gasteiger partial charge in [-0.3, -0.25) is 0 Å². The van der Waals surface area contributed by atoms with E-state index >= 15 is 0 Å². The van der Waals surface area contributed by atoms with Crippen molar-refractivity contribution in [2.45, 2.75) is 123 Å². The minimum absolute atomic E-state index is 0.790. The predicted molar refractivity (Wildman–Crippen MR) is 134 cm³/mol. The van der Waals surface area contributed by atoms with Crippen LogP contribution in [-0.2, 0) is 33.2 Å². The van der Waals surface area contributed by atoms with Crippen LogP contribution in [0.1, 0.15) is 0 Å². The van der Waals surface area contributed by atoms with E-state index < -0.39 is 149 Å². The lowest BCUT2D eigenvalue weighted by molar-refractivity contribution is -0.388. The zero-order valence-corrected chi connectivity index (χ0v) is 23.5. The van der Waals surface area contributed by atoms with Crippen molar-refractivity contribution >= 4 is 0 Å². The Labute approximate surface area is 254 Å². The molecule has 0 saturated carbocycles. The quantitative estimate of drug-likeness (QED) is 0.103. The van der Waals surface area contributed by atoms with E-state index in [9.17, 15) is 71.5 Å². The van der Waals surface area contributed by atoms with Gasteiger partial charge in [0.25, 0.3) is 0 Å². The third-order valence-electron chi connectivity index (χ3n) is 8.20. The second kappa shape index (κ2) is 15.6. The van der Waals surface area contributed by atoms with Crippen molar-refractivity contribution in [2.75, 3.05) is 26.4 Å². The molecule has 0 aromatic carbocycles. The van der Waals surface area contributed by atoms with E-state index in [0.29, 0.717) is 0 Å². The molecule has 45 heavy (non-hydrogen) atoms. The largest absolute Gasteiger partial charge is 0.394 e. The molecular weight excluding hydrogens is 624 g/mol. The van der Waals surface area contributed by atoms with E-state index in [1.54, 1.807) is 0 Å². The normalized spacial score (nSPS) is 52.9. The van der Waals surface area contributed by atoms with Crippen molar-refractivity contribution in [3.63, 3.8) is 0 Å². The summed E-state index contributed by atoms with van der Waals surface area (Å²) in [5.74, 6) is 0. The van der Waals surface area contributed by atoms with Gasteiger partial charge in [0.05, 0.1) is 26.4 Å². The molecule has 0 amide bonds. The summed E-state index contributed by atoms with van der Waals surface area (Å²) in [6.07, 6.45) is -35.6. The molecule has 4 heterocycles. The fourth-order valence-electron chi connectivity index (χ4n) is 5.54. The minimum atomic E-state index is -2.05. The van der Waals surface area contributed by atoms with Crippen LogP contribution in [-0.4, -0.2) is 221 Å². The second-order valence-corrected chi connectivity index (χ2v) is 11.1. The Morgan fingerprint density at radius 2 is 0.711 bits per heavy atom. The first-order valence-corrected chi connectivity index (χ1v) is 14.1. The van der Waals surface area contributed by atoms with Crippen molar-refractivity contribution in [3.8, 4) is 0 Å². The summed E-state index contributed by atoms with van der Waals surface area (Å²) in [5, 5.41) is 143. The topological polar surface area (TPSA) is 348 Å². The molecule has 14 N–H and O–H groups in total. The highest BCUT2D eigenvalue weighted by atomic mass is 16.8. The molecule has 0 spiro atoms. The second-order valence-electron chi connectivity index (χ2n) is 11.1. The van der Waals surface area contributed by atoms with Gasteiger partial charge in [-0.15, -0.1) is 0 Å². The van der Waals surface area contributed by atoms with Crippen molar-refractivity contribution in [2.24, 2.45) is 0 Å². The first-order chi connectivity index (χ1) is 21.3. The van der Waals surface area contributed by atoms with Crippen LogP contribution >= 0.6 is 0 Å². The lowest BCUT2D eigenvalue weighted by atomic mass is 9.95. The SMILES string of the molecule is OC[C@H]1O[C@@H](O[C@H]2[C@H](O)[C@@H](O)[C@H](O[C@H]3[C@@H](O)[C@@H](CO)O[C@@H](O[C@H]4[C@H](O)[C@@H](O)[C@@H](O)O[C@@H]4CO)[C@@H]3O)O[C@@H]2CO)[C@H](O)[C@@H](O)[C@H]1O. The third-order valence-corrected chi connectivity index (χ3v) is 8.20. The van der Waals surface area contributed by atoms with Gasteiger partial charge >= 0.3 is 0 Å². The van der Waals surface area contributed by atoms with E-state index in [1.807, 2.05) is 0 Å². The molecule has 4 rings (SSSR count). The average Bonchev–Trinajstić information content (AvgIpc) is 3.03. The van der Waals surface area contributed by atoms with Crippen LogP contribution in [0.3, 0.4) is 0 Å². The molecule has 4 aliphatic rings. The van der Waals surface area contributed by atoms with Gasteiger partial charge in [-0.1, -0.05) is 0 Å². The van der Waals surface area contributed by atoms with Crippen LogP contribution in [0.5, 0.6) is 0 Å². The van der Waals surface area contributed by atoms with E-state index in [-0.39, 0.29) is 0 Å². The summed E-state index contributed by atoms with van der Waals surface area (Å²) >= 11 is 0. The monoisotopic (exact) mass is 666 g/mol. The van der Waals surface area contributed by atoms with Crippen molar-refractivity contribution in [1.29, 1.82) is 0 Å². The number of rotatable bonds is 10. The molecule has 21 heteroatoms. The van der Waals surface area contributed by atoms with E-state index in [1.165, 1.54) is 0 Å². The van der Waals surface area contributed by atoms with Gasteiger partial charge in [0.15, 0.2) is 25.2 Å². The Kier molecular flexibility index (Phi) is 12.8. The summed E-state index contributed by atoms with van der Waals surface area (Å²) in [4.78, 5) is 0. The number of ether oxygens (including phenoxy) is 7. The first kappa shape index (κ1) is 37.0. The van der Waals surface area contributed by atoms with Crippen LogP contribution in [0.2, 0.25) is 0 Å². The van der Waals surface area contributed by atoms with Gasteiger partial charge in [0.1, 0.15) is 97.7 Å². The molecule has 0 unspecified atom stereocenters. The highest BCUT2D eigenvalue weighted by Crippen LogP contribution is 2.34. The Balaban J connectivity index is 1.48. The summed E-state index contributed by atoms with van der Waals surface area (Å²) in [6.45, 7) is -3.41. The summed E-state index contributed by atoms with van der Waals surface area (Å²) in [7, 11) is 0. The van der Waals surface area contributed by atoms with Crippen LogP contribution in [0, 0.1) is 0 Å². The standard InChI is InChI=1S/C24H42O21/c25-1-5-9(29)11(31)15(35)22(40-5)43-19-8(4-28)42-23(16(36)13(19)33)45-20-10(30)6(2-26)41-24(17(20)37)44-18-7(3-27)39-21(38)14(34)12(18)32/h5-38H,1-4H2/t5-,6-,7-,8-,9+,10+,11+,12-,13-,14-,15-,16-,17-,18-,19-,20+,21+,22+,23+,24+/m1/s1.